The van der Waals surface area contributed by atoms with Crippen LogP contribution in [0, 0.1) is 0 Å². The van der Waals surface area contributed by atoms with Crippen molar-refractivity contribution in [3.05, 3.63) is 5.69 Å². The zero-order chi connectivity index (χ0) is 9.42. The van der Waals surface area contributed by atoms with Gasteiger partial charge in [0.15, 0.2) is 5.13 Å². The lowest BCUT2D eigenvalue weighted by atomic mass is 10.2. The van der Waals surface area contributed by atoms with Crippen molar-refractivity contribution in [2.24, 2.45) is 9.98 Å². The number of nitrogen functional groups attached to an aromatic ring is 1. The van der Waals surface area contributed by atoms with Crippen LogP contribution >= 0.6 is 22.9 Å². The van der Waals surface area contributed by atoms with Gasteiger partial charge in [-0.1, -0.05) is 11.3 Å². The van der Waals surface area contributed by atoms with Crippen molar-refractivity contribution in [1.29, 1.82) is 0 Å². The molecule has 0 atom stereocenters. The van der Waals surface area contributed by atoms with E-state index in [0.717, 1.165) is 16.4 Å². The molecule has 0 unspecified atom stereocenters. The predicted octanol–water partition coefficient (Wildman–Crippen LogP) is 1.97. The number of hydrogen-bond donors (Lipinski definition) is 1. The summed E-state index contributed by atoms with van der Waals surface area (Å²) in [6.45, 7) is 1.89. The number of hydrogen-bond acceptors (Lipinski definition) is 5. The number of fused-ring (bicyclic) bond motifs is 1. The molecule has 6 heteroatoms. The summed E-state index contributed by atoms with van der Waals surface area (Å²) in [7, 11) is 0. The van der Waals surface area contributed by atoms with Crippen LogP contribution in [-0.2, 0) is 6.42 Å². The molecule has 0 aromatic carbocycles. The molecule has 0 spiro atoms. The molecule has 0 bridgehead atoms. The van der Waals surface area contributed by atoms with Crippen molar-refractivity contribution in [1.82, 2.24) is 4.98 Å². The van der Waals surface area contributed by atoms with Gasteiger partial charge in [-0.05, 0) is 18.5 Å². The molecule has 2 heterocycles. The van der Waals surface area contributed by atoms with E-state index < -0.39 is 0 Å². The number of nitrogens with two attached hydrogens (primary N) is 1. The Bertz CT molecular complexity index is 407. The minimum atomic E-state index is 0.250. The average molecular weight is 215 g/mol. The maximum absolute atomic E-state index is 5.75. The van der Waals surface area contributed by atoms with E-state index in [1.54, 1.807) is 0 Å². The first-order chi connectivity index (χ1) is 6.15. The Labute approximate surface area is 84.2 Å². The van der Waals surface area contributed by atoms with Gasteiger partial charge in [-0.3, -0.25) is 0 Å². The summed E-state index contributed by atoms with van der Waals surface area (Å²) in [5, 5.41) is 1.54. The fraction of sp³-hybridized carbons (Fsp3) is 0.286. The number of halogens is 1. The van der Waals surface area contributed by atoms with Crippen LogP contribution in [0.1, 0.15) is 12.6 Å². The van der Waals surface area contributed by atoms with Gasteiger partial charge < -0.3 is 5.73 Å². The van der Waals surface area contributed by atoms with E-state index in [2.05, 4.69) is 15.0 Å². The molecule has 2 rings (SSSR count). The van der Waals surface area contributed by atoms with E-state index in [9.17, 15) is 0 Å². The van der Waals surface area contributed by atoms with E-state index in [1.807, 2.05) is 6.92 Å². The SMILES string of the molecule is CC1=NC(Cl)=Nc2sc(N)nc2C1. The summed E-state index contributed by atoms with van der Waals surface area (Å²) >= 11 is 7.08. The van der Waals surface area contributed by atoms with Crippen LogP contribution in [0.25, 0.3) is 0 Å². The van der Waals surface area contributed by atoms with E-state index >= 15 is 0 Å². The number of nitrogens with zero attached hydrogens (tertiary/aromatic N) is 3. The lowest BCUT2D eigenvalue weighted by molar-refractivity contribution is 1.19. The molecule has 0 amide bonds. The Morgan fingerprint density at radius 2 is 2.23 bits per heavy atom. The van der Waals surface area contributed by atoms with Gasteiger partial charge in [0.2, 0.25) is 5.29 Å². The van der Waals surface area contributed by atoms with Crippen molar-refractivity contribution in [3.8, 4) is 0 Å². The topological polar surface area (TPSA) is 63.6 Å². The van der Waals surface area contributed by atoms with Crippen molar-refractivity contribution in [3.63, 3.8) is 0 Å². The second-order valence-electron chi connectivity index (χ2n) is 2.71. The highest BCUT2D eigenvalue weighted by molar-refractivity contribution is 7.19. The number of amidine groups is 1. The summed E-state index contributed by atoms with van der Waals surface area (Å²) in [6, 6.07) is 0. The van der Waals surface area contributed by atoms with Gasteiger partial charge in [-0.2, -0.15) is 0 Å². The van der Waals surface area contributed by atoms with Gasteiger partial charge in [-0.25, -0.2) is 15.0 Å². The smallest absolute Gasteiger partial charge is 0.223 e. The Kier molecular flexibility index (Phi) is 2.05. The Balaban J connectivity index is 2.53. The van der Waals surface area contributed by atoms with Crippen LogP contribution < -0.4 is 5.73 Å². The normalized spacial score (nSPS) is 15.8. The van der Waals surface area contributed by atoms with Crippen LogP contribution in [-0.4, -0.2) is 16.0 Å². The third kappa shape index (κ3) is 1.71. The molecule has 0 aliphatic carbocycles. The fourth-order valence-electron chi connectivity index (χ4n) is 1.11. The van der Waals surface area contributed by atoms with Gasteiger partial charge >= 0.3 is 0 Å². The van der Waals surface area contributed by atoms with Crippen molar-refractivity contribution < 1.29 is 0 Å². The molecular formula is C7H7ClN4S. The number of rotatable bonds is 0. The number of thiazole rings is 1. The van der Waals surface area contributed by atoms with Gasteiger partial charge in [0.25, 0.3) is 0 Å². The third-order valence-corrected chi connectivity index (χ3v) is 2.58. The van der Waals surface area contributed by atoms with Crippen LogP contribution in [0.15, 0.2) is 9.98 Å². The van der Waals surface area contributed by atoms with Crippen molar-refractivity contribution in [2.75, 3.05) is 5.73 Å². The van der Waals surface area contributed by atoms with Crippen LogP contribution in [0.5, 0.6) is 0 Å². The first-order valence-electron chi connectivity index (χ1n) is 3.68. The molecule has 13 heavy (non-hydrogen) atoms. The minimum Gasteiger partial charge on any atom is -0.375 e. The second kappa shape index (κ2) is 3.08. The molecule has 1 aliphatic rings. The zero-order valence-corrected chi connectivity index (χ0v) is 8.48. The standard InChI is InChI=1S/C7H7ClN4S/c1-3-2-4-5(12-6(8)10-3)13-7(9)11-4/h2H2,1H3,(H2,9,11). The molecule has 1 aromatic heterocycles. The molecule has 1 aromatic rings. The third-order valence-electron chi connectivity index (χ3n) is 1.59. The highest BCUT2D eigenvalue weighted by Gasteiger charge is 2.13. The van der Waals surface area contributed by atoms with E-state index in [-0.39, 0.29) is 5.29 Å². The van der Waals surface area contributed by atoms with E-state index in [0.29, 0.717) is 11.6 Å². The molecule has 0 saturated heterocycles. The lowest BCUT2D eigenvalue weighted by Gasteiger charge is -1.91. The number of anilines is 1. The van der Waals surface area contributed by atoms with Crippen LogP contribution in [0.4, 0.5) is 10.1 Å². The fourth-order valence-corrected chi connectivity index (χ4v) is 2.11. The Morgan fingerprint density at radius 1 is 1.46 bits per heavy atom. The monoisotopic (exact) mass is 214 g/mol. The van der Waals surface area contributed by atoms with Crippen molar-refractivity contribution >= 4 is 44.1 Å². The molecule has 4 nitrogen and oxygen atoms in total. The van der Waals surface area contributed by atoms with Gasteiger partial charge in [0.05, 0.1) is 5.69 Å². The lowest BCUT2D eigenvalue weighted by Crippen LogP contribution is -1.98. The van der Waals surface area contributed by atoms with Gasteiger partial charge in [0, 0.05) is 12.1 Å². The molecule has 0 fully saturated rings. The van der Waals surface area contributed by atoms with E-state index in [4.69, 9.17) is 17.3 Å². The molecule has 68 valence electrons. The van der Waals surface area contributed by atoms with Crippen LogP contribution in [0.2, 0.25) is 0 Å². The largest absolute Gasteiger partial charge is 0.375 e. The first-order valence-corrected chi connectivity index (χ1v) is 4.88. The summed E-state index contributed by atoms with van der Waals surface area (Å²) < 4.78 is 0. The summed E-state index contributed by atoms with van der Waals surface area (Å²) in [5.74, 6) is 0. The molecule has 0 saturated carbocycles. The summed E-state index contributed by atoms with van der Waals surface area (Å²) in [6.07, 6.45) is 0.669. The second-order valence-corrected chi connectivity index (χ2v) is 4.06. The van der Waals surface area contributed by atoms with Gasteiger partial charge in [0.1, 0.15) is 5.00 Å². The quantitative estimate of drug-likeness (QED) is 0.671. The van der Waals surface area contributed by atoms with Crippen LogP contribution in [0.3, 0.4) is 0 Å². The summed E-state index contributed by atoms with van der Waals surface area (Å²) in [4.78, 5) is 12.3. The molecule has 1 aliphatic heterocycles. The van der Waals surface area contributed by atoms with E-state index in [1.165, 1.54) is 11.3 Å². The predicted molar refractivity (Wildman–Crippen MR) is 56.3 cm³/mol. The number of aliphatic imine (C=N–C) groups is 2. The maximum Gasteiger partial charge on any atom is 0.223 e. The summed E-state index contributed by atoms with van der Waals surface area (Å²) in [5.41, 5.74) is 7.32. The average Bonchev–Trinajstić information content (AvgIpc) is 2.24. The number of aromatic nitrogens is 1. The Hall–Kier alpha value is -0.940. The highest BCUT2D eigenvalue weighted by Crippen LogP contribution is 2.31. The molecular weight excluding hydrogens is 208 g/mol. The zero-order valence-electron chi connectivity index (χ0n) is 6.91. The minimum absolute atomic E-state index is 0.250. The molecule has 0 radical (unpaired) electrons. The Morgan fingerprint density at radius 3 is 3.00 bits per heavy atom. The maximum atomic E-state index is 5.75. The van der Waals surface area contributed by atoms with Gasteiger partial charge in [-0.15, -0.1) is 0 Å². The van der Waals surface area contributed by atoms with Crippen molar-refractivity contribution in [2.45, 2.75) is 13.3 Å². The molecule has 2 N–H and O–H groups in total. The highest BCUT2D eigenvalue weighted by atomic mass is 35.5. The first kappa shape index (κ1) is 8.65.